The number of unbranched alkanes of at least 4 members (excludes halogenated alkanes) is 4. The number of carbonyl (C=O) groups is 14. The molecule has 0 unspecified atom stereocenters. The van der Waals surface area contributed by atoms with Gasteiger partial charge in [-0.2, -0.15) is 0 Å². The Bertz CT molecular complexity index is 2880. The molecular weight excluding hydrogens is 1320 g/mol. The lowest BCUT2D eigenvalue weighted by molar-refractivity contribution is -0.145. The second-order valence-corrected chi connectivity index (χ2v) is 31.2. The number of aliphatic carboxylic acids is 8. The van der Waals surface area contributed by atoms with Crippen molar-refractivity contribution < 1.29 is 112 Å². The molecule has 0 spiro atoms. The summed E-state index contributed by atoms with van der Waals surface area (Å²) >= 11 is 0. The molecule has 2 rings (SSSR count). The van der Waals surface area contributed by atoms with Gasteiger partial charge < -0.3 is 82.2 Å². The molecule has 0 radical (unpaired) electrons. The molecule has 0 bridgehead atoms. The number of carboxylic acid groups (broad SMARTS) is 8. The van der Waals surface area contributed by atoms with Crippen LogP contribution in [-0.4, -0.2) is 274 Å². The van der Waals surface area contributed by atoms with Gasteiger partial charge in [-0.05, 0) is 85.2 Å². The van der Waals surface area contributed by atoms with E-state index in [2.05, 4.69) is 37.2 Å². The van der Waals surface area contributed by atoms with Gasteiger partial charge in [0.15, 0.2) is 0 Å². The first-order chi connectivity index (χ1) is 46.3. The van der Waals surface area contributed by atoms with Gasteiger partial charge in [-0.15, -0.1) is 0 Å². The number of carboxylic acids is 8. The van der Waals surface area contributed by atoms with Gasteiger partial charge in [0.25, 0.3) is 14.3 Å². The van der Waals surface area contributed by atoms with Crippen molar-refractivity contribution in [2.45, 2.75) is 178 Å². The third-order valence-electron chi connectivity index (χ3n) is 16.5. The topological polar surface area (TPSA) is 498 Å². The highest BCUT2D eigenvalue weighted by Gasteiger charge is 2.56. The zero-order chi connectivity index (χ0) is 74.6. The van der Waals surface area contributed by atoms with Gasteiger partial charge in [0.05, 0.1) is 19.6 Å². The summed E-state index contributed by atoms with van der Waals surface area (Å²) < 4.78 is 17.1. The fourth-order valence-electron chi connectivity index (χ4n) is 11.4. The van der Waals surface area contributed by atoms with Crippen molar-refractivity contribution in [2.75, 3.05) is 91.6 Å². The monoisotopic (exact) mass is 1420 g/mol. The van der Waals surface area contributed by atoms with Crippen LogP contribution in [0.4, 0.5) is 8.90 Å². The summed E-state index contributed by atoms with van der Waals surface area (Å²) in [5.41, 5.74) is 0.0613. The zero-order valence-electron chi connectivity index (χ0n) is 57.3. The molecule has 1 aromatic rings. The molecule has 1 aromatic carbocycles. The highest BCUT2D eigenvalue weighted by Crippen LogP contribution is 2.51. The molecule has 1 aliphatic rings. The van der Waals surface area contributed by atoms with Crippen LogP contribution in [0, 0.1) is 0 Å². The number of benzene rings is 1. The number of hydrogen-bond acceptors (Lipinski definition) is 18. The number of urea groups is 1. The van der Waals surface area contributed by atoms with Gasteiger partial charge in [-0.25, -0.2) is 19.2 Å². The summed E-state index contributed by atoms with van der Waals surface area (Å²) in [6.45, 7) is 9.17. The van der Waals surface area contributed by atoms with Crippen LogP contribution in [0.5, 0.6) is 0 Å². The average Bonchev–Trinajstić information content (AvgIpc) is 0.749. The van der Waals surface area contributed by atoms with E-state index in [0.29, 0.717) is 37.3 Å². The van der Waals surface area contributed by atoms with Crippen LogP contribution >= 0.6 is 0 Å². The highest BCUT2D eigenvalue weighted by atomic mass is 28.4. The molecule has 33 nitrogen and oxygen atoms in total. The maximum absolute atomic E-state index is 17.1. The van der Waals surface area contributed by atoms with E-state index in [1.165, 1.54) is 49.9 Å². The van der Waals surface area contributed by atoms with Gasteiger partial charge in [0.1, 0.15) is 30.2 Å². The minimum atomic E-state index is -3.75. The molecule has 0 aliphatic carbocycles. The molecule has 15 N–H and O–H groups in total. The smallest absolute Gasteiger partial charge is 0.330 e. The average molecular weight is 1420 g/mol. The number of halogens is 1. The van der Waals surface area contributed by atoms with Crippen LogP contribution in [-0.2, 0) is 57.5 Å². The van der Waals surface area contributed by atoms with Crippen molar-refractivity contribution in [3.05, 3.63) is 42.0 Å². The lowest BCUT2D eigenvalue weighted by Gasteiger charge is -2.44. The molecule has 0 aromatic heterocycles. The molecule has 35 heteroatoms. The molecule has 5 atom stereocenters. The maximum atomic E-state index is 17.1. The number of nitrogens with zero attached hydrogens (tertiary/aromatic N) is 4. The van der Waals surface area contributed by atoms with E-state index < -0.39 is 159 Å². The third kappa shape index (κ3) is 33.6. The first-order valence-corrected chi connectivity index (χ1v) is 34.9. The van der Waals surface area contributed by atoms with E-state index in [0.717, 1.165) is 6.08 Å². The molecule has 0 saturated carbocycles. The summed E-state index contributed by atoms with van der Waals surface area (Å²) in [7, 11) is -3.75. The van der Waals surface area contributed by atoms with Crippen LogP contribution in [0.15, 0.2) is 36.4 Å². The normalized spacial score (nSPS) is 15.6. The largest absolute Gasteiger partial charge is 0.481 e. The summed E-state index contributed by atoms with van der Waals surface area (Å²) in [6.07, 6.45) is 4.30. The maximum Gasteiger partial charge on any atom is 0.330 e. The van der Waals surface area contributed by atoms with Crippen molar-refractivity contribution in [3.8, 4) is 0 Å². The zero-order valence-corrected chi connectivity index (χ0v) is 58.3. The van der Waals surface area contributed by atoms with Crippen LogP contribution in [0.2, 0.25) is 10.1 Å². The number of rotatable bonds is 43. The van der Waals surface area contributed by atoms with E-state index in [1.54, 1.807) is 0 Å². The number of nitrogens with one attached hydrogen (secondary N) is 7. The van der Waals surface area contributed by atoms with Crippen LogP contribution in [0.25, 0.3) is 0 Å². The van der Waals surface area contributed by atoms with Crippen molar-refractivity contribution in [1.29, 1.82) is 0 Å². The quantitative estimate of drug-likeness (QED) is 0.0188. The van der Waals surface area contributed by atoms with E-state index in [9.17, 15) is 103 Å². The standard InChI is InChI=1S/C64H102FN11O22Si/c1-63(2,3)99(65,64(4,5)6)43-24-22-42(23-25-43)56(88)68-38-47(69-51(79)27-26-48(61(96)97)76-36-34-74(40-54(84)85)32-30-73(39-53(82)83)31-33-75(35-37-76)41-55(86)87)57(89)70-44(58(90)91)16-11-13-28-66-49(77)19-9-7-8-10-20-50(78)67-29-14-12-17-45(59(92)93)71-62(98)72-46(60(94)95)18-15-21-52(80)81/h11,16,22-25,44-48H,7-10,12-15,17-21,26-41H2,1-6H3,(H,66,77)(H,67,78)(H,68,88)(H,69,79)(H,70,89)(H,80,81)(H,82,83)(H,84,85)(H,86,87)(H,90,91)(H,92,93)(H,94,95)(H,96,97)(H2,71,72,98)/b16-11-/t44-,45-,46-,47-,48-/m0/s1. The first-order valence-electron chi connectivity index (χ1n) is 33.0. The molecule has 99 heavy (non-hydrogen) atoms. The summed E-state index contributed by atoms with van der Waals surface area (Å²) in [5.74, 6) is -13.7. The Morgan fingerprint density at radius 3 is 1.37 bits per heavy atom. The molecule has 7 amide bonds. The molecule has 1 heterocycles. The number of amides is 7. The fourth-order valence-corrected chi connectivity index (χ4v) is 16.0. The second kappa shape index (κ2) is 43.7. The van der Waals surface area contributed by atoms with Gasteiger partial charge in [0.2, 0.25) is 23.6 Å². The Hall–Kier alpha value is -8.67. The van der Waals surface area contributed by atoms with Gasteiger partial charge in [0, 0.05) is 103 Å². The lowest BCUT2D eigenvalue weighted by atomic mass is 10.1. The predicted octanol–water partition coefficient (Wildman–Crippen LogP) is 1.05. The summed E-state index contributed by atoms with van der Waals surface area (Å²) in [4.78, 5) is 180. The van der Waals surface area contributed by atoms with Crippen molar-refractivity contribution >= 4 is 96.9 Å². The van der Waals surface area contributed by atoms with Crippen molar-refractivity contribution in [2.24, 2.45) is 0 Å². The fraction of sp³-hybridized carbons (Fsp3) is 0.656. The Morgan fingerprint density at radius 2 is 0.939 bits per heavy atom. The second-order valence-electron chi connectivity index (χ2n) is 26.3. The van der Waals surface area contributed by atoms with E-state index in [4.69, 9.17) is 5.11 Å². The number of hydrogen-bond donors (Lipinski definition) is 15. The van der Waals surface area contributed by atoms with Gasteiger partial charge in [-0.1, -0.05) is 78.7 Å². The van der Waals surface area contributed by atoms with Crippen molar-refractivity contribution in [1.82, 2.24) is 56.8 Å². The van der Waals surface area contributed by atoms with Gasteiger partial charge >= 0.3 is 53.8 Å². The number of carbonyl (C=O) groups excluding carboxylic acids is 6. The minimum absolute atomic E-state index is 0.0251. The molecule has 1 aliphatic heterocycles. The van der Waals surface area contributed by atoms with Crippen LogP contribution < -0.4 is 42.4 Å². The van der Waals surface area contributed by atoms with Crippen LogP contribution in [0.1, 0.15) is 148 Å². The van der Waals surface area contributed by atoms with Gasteiger partial charge in [-0.3, -0.25) is 67.5 Å². The molecule has 1 fully saturated rings. The summed E-state index contributed by atoms with van der Waals surface area (Å²) in [6, 6.07) is -2.76. The van der Waals surface area contributed by atoms with E-state index in [-0.39, 0.29) is 134 Å². The van der Waals surface area contributed by atoms with Crippen LogP contribution in [0.3, 0.4) is 0 Å². The highest BCUT2D eigenvalue weighted by molar-refractivity contribution is 6.90. The predicted molar refractivity (Wildman–Crippen MR) is 358 cm³/mol. The van der Waals surface area contributed by atoms with Crippen molar-refractivity contribution in [3.63, 3.8) is 0 Å². The first kappa shape index (κ1) is 86.4. The molecular formula is C64H102FN11O22Si. The molecule has 1 saturated heterocycles. The SMILES string of the molecule is CC(C)(C)[Si](F)(c1ccc(C(=O)NC[C@H](NC(=O)CC[C@@H](C(=O)O)N2CCN(CC(=O)O)CCN(CC(=O)O)CCN(CC(=O)O)CC2)C(=O)N[C@@H](/C=C\CCNC(=O)CCCCCCC(=O)NCCCC[C@H](NC(=O)N[C@@H](CCCC(=O)O)C(=O)O)C(=O)O)C(=O)O)cc1)C(C)(C)C. The third-order valence-corrected chi connectivity index (χ3v) is 21.7. The van der Waals surface area contributed by atoms with E-state index >= 15 is 4.11 Å². The Balaban J connectivity index is 2.11. The van der Waals surface area contributed by atoms with E-state index in [1.807, 2.05) is 41.5 Å². The molecule has 556 valence electrons. The summed E-state index contributed by atoms with van der Waals surface area (Å²) in [5, 5.41) is 93.3. The Morgan fingerprint density at radius 1 is 0.475 bits per heavy atom. The lowest BCUT2D eigenvalue weighted by Crippen LogP contribution is -2.58. The minimum Gasteiger partial charge on any atom is -0.481 e. The Labute approximate surface area is 575 Å². The Kier molecular flexibility index (Phi) is 38.1.